The van der Waals surface area contributed by atoms with Gasteiger partial charge < -0.3 is 14.6 Å². The Morgan fingerprint density at radius 1 is 1.29 bits per heavy atom. The smallest absolute Gasteiger partial charge is 0.122 e. The molecule has 96 valence electrons. The molecule has 0 fully saturated rings. The number of hydrogen-bond donors (Lipinski definition) is 1. The fourth-order valence-electron chi connectivity index (χ4n) is 1.81. The van der Waals surface area contributed by atoms with E-state index in [4.69, 9.17) is 9.47 Å². The third-order valence-electron chi connectivity index (χ3n) is 3.48. The lowest BCUT2D eigenvalue weighted by atomic mass is 9.90. The van der Waals surface area contributed by atoms with Crippen molar-refractivity contribution < 1.29 is 14.6 Å². The molecule has 0 aliphatic carbocycles. The first-order chi connectivity index (χ1) is 8.07. The monoisotopic (exact) mass is 238 g/mol. The van der Waals surface area contributed by atoms with Crippen LogP contribution in [0, 0.1) is 0 Å². The highest BCUT2D eigenvalue weighted by Crippen LogP contribution is 2.26. The minimum Gasteiger partial charge on any atom is -0.496 e. The average Bonchev–Trinajstić information content (AvgIpc) is 2.38. The Bertz CT molecular complexity index is 345. The van der Waals surface area contributed by atoms with Gasteiger partial charge in [0.05, 0.1) is 18.8 Å². The van der Waals surface area contributed by atoms with Crippen molar-refractivity contribution in [1.82, 2.24) is 0 Å². The maximum atomic E-state index is 10.3. The van der Waals surface area contributed by atoms with Crippen LogP contribution in [0.5, 0.6) is 5.75 Å². The van der Waals surface area contributed by atoms with Gasteiger partial charge in [-0.1, -0.05) is 25.1 Å². The lowest BCUT2D eigenvalue weighted by Crippen LogP contribution is -2.42. The van der Waals surface area contributed by atoms with Gasteiger partial charge in [0.1, 0.15) is 5.75 Å². The number of rotatable bonds is 6. The van der Waals surface area contributed by atoms with Crippen LogP contribution in [0.3, 0.4) is 0 Å². The fourth-order valence-corrected chi connectivity index (χ4v) is 1.81. The van der Waals surface area contributed by atoms with Gasteiger partial charge in [0.15, 0.2) is 0 Å². The molecule has 1 N–H and O–H groups in total. The molecule has 0 bridgehead atoms. The van der Waals surface area contributed by atoms with Crippen molar-refractivity contribution in [3.05, 3.63) is 29.8 Å². The van der Waals surface area contributed by atoms with E-state index in [2.05, 4.69) is 0 Å². The number of aliphatic hydroxyl groups is 1. The number of methoxy groups -OCH3 is 2. The molecular formula is C14H22O3. The van der Waals surface area contributed by atoms with E-state index in [0.717, 1.165) is 17.7 Å². The standard InChI is InChI=1S/C14H22O3/c1-5-14(2,17-4)13(15)10-11-8-6-7-9-12(11)16-3/h6-9,13,15H,5,10H2,1-4H3. The van der Waals surface area contributed by atoms with Gasteiger partial charge in [-0.05, 0) is 25.0 Å². The predicted octanol–water partition coefficient (Wildman–Crippen LogP) is 2.41. The van der Waals surface area contributed by atoms with E-state index < -0.39 is 11.7 Å². The Kier molecular flexibility index (Phi) is 4.97. The van der Waals surface area contributed by atoms with Crippen molar-refractivity contribution in [2.75, 3.05) is 14.2 Å². The van der Waals surface area contributed by atoms with Crippen molar-refractivity contribution in [1.29, 1.82) is 0 Å². The molecular weight excluding hydrogens is 216 g/mol. The van der Waals surface area contributed by atoms with Crippen LogP contribution in [0.25, 0.3) is 0 Å². The molecule has 2 atom stereocenters. The summed E-state index contributed by atoms with van der Waals surface area (Å²) < 4.78 is 10.7. The van der Waals surface area contributed by atoms with E-state index in [0.29, 0.717) is 6.42 Å². The molecule has 17 heavy (non-hydrogen) atoms. The molecule has 0 aliphatic heterocycles. The zero-order chi connectivity index (χ0) is 12.9. The Morgan fingerprint density at radius 2 is 1.94 bits per heavy atom. The Labute approximate surface area is 103 Å². The minimum absolute atomic E-state index is 0.513. The van der Waals surface area contributed by atoms with E-state index in [9.17, 15) is 5.11 Å². The summed E-state index contributed by atoms with van der Waals surface area (Å²) in [5.41, 5.74) is 0.486. The summed E-state index contributed by atoms with van der Waals surface area (Å²) in [6.45, 7) is 3.93. The highest BCUT2D eigenvalue weighted by Gasteiger charge is 2.31. The molecule has 0 saturated heterocycles. The normalized spacial score (nSPS) is 16.3. The number of ether oxygens (including phenoxy) is 2. The van der Waals surface area contributed by atoms with Gasteiger partial charge in [0, 0.05) is 13.5 Å². The molecule has 3 heteroatoms. The summed E-state index contributed by atoms with van der Waals surface area (Å²) in [6, 6.07) is 7.73. The molecule has 2 unspecified atom stereocenters. The summed E-state index contributed by atoms with van der Waals surface area (Å²) in [4.78, 5) is 0. The number of aliphatic hydroxyl groups excluding tert-OH is 1. The van der Waals surface area contributed by atoms with Gasteiger partial charge in [-0.3, -0.25) is 0 Å². The van der Waals surface area contributed by atoms with Crippen LogP contribution in [-0.4, -0.2) is 31.0 Å². The second-order valence-corrected chi connectivity index (χ2v) is 4.40. The SMILES string of the molecule is CCC(C)(OC)C(O)Cc1ccccc1OC. The van der Waals surface area contributed by atoms with Crippen molar-refractivity contribution in [3.63, 3.8) is 0 Å². The summed E-state index contributed by atoms with van der Waals surface area (Å²) >= 11 is 0. The molecule has 0 spiro atoms. The van der Waals surface area contributed by atoms with E-state index in [1.165, 1.54) is 0 Å². The Morgan fingerprint density at radius 3 is 2.47 bits per heavy atom. The fraction of sp³-hybridized carbons (Fsp3) is 0.571. The molecule has 0 amide bonds. The van der Waals surface area contributed by atoms with Crippen LogP contribution >= 0.6 is 0 Å². The maximum absolute atomic E-state index is 10.3. The van der Waals surface area contributed by atoms with Gasteiger partial charge in [-0.15, -0.1) is 0 Å². The number of para-hydroxylation sites is 1. The molecule has 3 nitrogen and oxygen atoms in total. The molecule has 0 aromatic heterocycles. The van der Waals surface area contributed by atoms with E-state index in [1.807, 2.05) is 38.1 Å². The minimum atomic E-state index is -0.547. The molecule has 1 rings (SSSR count). The van der Waals surface area contributed by atoms with Gasteiger partial charge in [-0.25, -0.2) is 0 Å². The van der Waals surface area contributed by atoms with Crippen LogP contribution in [0.2, 0.25) is 0 Å². The van der Waals surface area contributed by atoms with Crippen molar-refractivity contribution in [2.24, 2.45) is 0 Å². The quantitative estimate of drug-likeness (QED) is 0.827. The molecule has 0 saturated carbocycles. The topological polar surface area (TPSA) is 38.7 Å². The van der Waals surface area contributed by atoms with Crippen LogP contribution in [-0.2, 0) is 11.2 Å². The van der Waals surface area contributed by atoms with E-state index >= 15 is 0 Å². The van der Waals surface area contributed by atoms with Crippen molar-refractivity contribution >= 4 is 0 Å². The first kappa shape index (κ1) is 14.0. The second-order valence-electron chi connectivity index (χ2n) is 4.40. The van der Waals surface area contributed by atoms with E-state index in [-0.39, 0.29) is 0 Å². The van der Waals surface area contributed by atoms with Crippen LogP contribution < -0.4 is 4.74 Å². The zero-order valence-electron chi connectivity index (χ0n) is 11.1. The van der Waals surface area contributed by atoms with Crippen LogP contribution in [0.15, 0.2) is 24.3 Å². The van der Waals surface area contributed by atoms with Gasteiger partial charge in [0.2, 0.25) is 0 Å². The summed E-state index contributed by atoms with van der Waals surface area (Å²) in [6.07, 6.45) is 0.746. The molecule has 0 aliphatic rings. The Balaban J connectivity index is 2.83. The van der Waals surface area contributed by atoms with Gasteiger partial charge >= 0.3 is 0 Å². The van der Waals surface area contributed by atoms with Crippen molar-refractivity contribution in [2.45, 2.75) is 38.4 Å². The zero-order valence-corrected chi connectivity index (χ0v) is 11.1. The summed E-state index contributed by atoms with van der Waals surface area (Å²) in [7, 11) is 3.27. The largest absolute Gasteiger partial charge is 0.496 e. The second kappa shape index (κ2) is 6.03. The van der Waals surface area contributed by atoms with Gasteiger partial charge in [0.25, 0.3) is 0 Å². The number of hydrogen-bond acceptors (Lipinski definition) is 3. The summed E-state index contributed by atoms with van der Waals surface area (Å²) in [5, 5.41) is 10.3. The summed E-state index contributed by atoms with van der Waals surface area (Å²) in [5.74, 6) is 0.807. The first-order valence-corrected chi connectivity index (χ1v) is 5.92. The maximum Gasteiger partial charge on any atom is 0.122 e. The predicted molar refractivity (Wildman–Crippen MR) is 68.4 cm³/mol. The third kappa shape index (κ3) is 3.20. The lowest BCUT2D eigenvalue weighted by molar-refractivity contribution is -0.0915. The third-order valence-corrected chi connectivity index (χ3v) is 3.48. The van der Waals surface area contributed by atoms with E-state index in [1.54, 1.807) is 14.2 Å². The molecule has 1 aromatic carbocycles. The lowest BCUT2D eigenvalue weighted by Gasteiger charge is -2.32. The highest BCUT2D eigenvalue weighted by atomic mass is 16.5. The van der Waals surface area contributed by atoms with Crippen molar-refractivity contribution in [3.8, 4) is 5.75 Å². The first-order valence-electron chi connectivity index (χ1n) is 5.92. The van der Waals surface area contributed by atoms with Crippen LogP contribution in [0.1, 0.15) is 25.8 Å². The molecule has 0 radical (unpaired) electrons. The molecule has 0 heterocycles. The number of benzene rings is 1. The van der Waals surface area contributed by atoms with Gasteiger partial charge in [-0.2, -0.15) is 0 Å². The Hall–Kier alpha value is -1.06. The van der Waals surface area contributed by atoms with Crippen LogP contribution in [0.4, 0.5) is 0 Å². The average molecular weight is 238 g/mol. The molecule has 1 aromatic rings. The highest BCUT2D eigenvalue weighted by molar-refractivity contribution is 5.33.